The summed E-state index contributed by atoms with van der Waals surface area (Å²) < 4.78 is 3.97. The van der Waals surface area contributed by atoms with Crippen molar-refractivity contribution in [3.63, 3.8) is 0 Å². The Bertz CT molecular complexity index is 167. The molecule has 0 aromatic carbocycles. The van der Waals surface area contributed by atoms with Crippen LogP contribution in [0.25, 0.3) is 0 Å². The van der Waals surface area contributed by atoms with Crippen LogP contribution in [0.15, 0.2) is 0 Å². The average molecular weight is 181 g/mol. The van der Waals surface area contributed by atoms with Gasteiger partial charge in [0.2, 0.25) is 0 Å². The van der Waals surface area contributed by atoms with E-state index < -0.39 is 12.2 Å². The maximum atomic E-state index is 10.4. The van der Waals surface area contributed by atoms with Crippen LogP contribution >= 0.6 is 12.1 Å². The second-order valence-electron chi connectivity index (χ2n) is 1.30. The molecule has 3 N–H and O–H groups in total. The van der Waals surface area contributed by atoms with Gasteiger partial charge in [-0.1, -0.05) is 0 Å². The largest absolute Gasteiger partial charge is 0.442 e. The number of nitrogens with zero attached hydrogens (tertiary/aromatic N) is 1. The number of rotatable bonds is 0. The first-order valence-electron chi connectivity index (χ1n) is 2.29. The van der Waals surface area contributed by atoms with E-state index in [0.717, 1.165) is 0 Å². The Balaban J connectivity index is 2.47. The predicted molar refractivity (Wildman–Crippen MR) is 30.4 cm³/mol. The fraction of sp³-hybridized carbons (Fsp3) is 0. The molecule has 11 heavy (non-hydrogen) atoms. The van der Waals surface area contributed by atoms with Crippen molar-refractivity contribution in [1.82, 2.24) is 14.8 Å². The second-order valence-corrected chi connectivity index (χ2v) is 1.91. The van der Waals surface area contributed by atoms with Crippen molar-refractivity contribution < 1.29 is 24.5 Å². The third-order valence-electron chi connectivity index (χ3n) is 0.591. The van der Waals surface area contributed by atoms with Crippen molar-refractivity contribution in [3.8, 4) is 0 Å². The van der Waals surface area contributed by atoms with Gasteiger partial charge in [0.15, 0.2) is 5.39 Å². The average Bonchev–Trinajstić information content (AvgIpc) is 1.83. The van der Waals surface area contributed by atoms with Gasteiger partial charge in [0.1, 0.15) is 0 Å². The highest BCUT2D eigenvalue weighted by molar-refractivity contribution is 7.96. The van der Waals surface area contributed by atoms with Crippen LogP contribution in [0.2, 0.25) is 0 Å². The van der Waals surface area contributed by atoms with Crippen LogP contribution in [-0.4, -0.2) is 22.8 Å². The number of amides is 2. The lowest BCUT2D eigenvalue weighted by atomic mass is 11.3. The summed E-state index contributed by atoms with van der Waals surface area (Å²) in [5.74, 6) is 0. The van der Waals surface area contributed by atoms with Gasteiger partial charge in [0.05, 0.1) is 12.1 Å². The van der Waals surface area contributed by atoms with Gasteiger partial charge in [-0.05, 0) is 0 Å². The van der Waals surface area contributed by atoms with Crippen molar-refractivity contribution in [2.45, 2.75) is 0 Å². The van der Waals surface area contributed by atoms with E-state index in [1.807, 2.05) is 9.44 Å². The maximum Gasteiger partial charge on any atom is 0.442 e. The van der Waals surface area contributed by atoms with Crippen LogP contribution in [0.3, 0.4) is 0 Å². The van der Waals surface area contributed by atoms with Crippen LogP contribution in [0.5, 0.6) is 0 Å². The lowest BCUT2D eigenvalue weighted by Crippen LogP contribution is -2.38. The minimum atomic E-state index is -0.975. The fourth-order valence-electron chi connectivity index (χ4n) is 0.307. The summed E-state index contributed by atoms with van der Waals surface area (Å²) in [5.41, 5.74) is 0. The lowest BCUT2D eigenvalue weighted by molar-refractivity contribution is -0.457. The molecule has 2 amide bonds. The van der Waals surface area contributed by atoms with E-state index in [0.29, 0.717) is 12.1 Å². The van der Waals surface area contributed by atoms with Crippen LogP contribution in [0.1, 0.15) is 0 Å². The summed E-state index contributed by atoms with van der Waals surface area (Å²) in [7, 11) is 0. The zero-order valence-corrected chi connectivity index (χ0v) is 5.75. The Morgan fingerprint density at radius 3 is 2.18 bits per heavy atom. The molecule has 8 nitrogen and oxygen atoms in total. The standard InChI is InChI=1S/C2H3N3O5S/c6-1-3-11-4-2(7)10-5(8)9-1/h8H,(H,3,6)(H,4,7). The molecule has 9 heteroatoms. The van der Waals surface area contributed by atoms with Gasteiger partial charge in [-0.3, -0.25) is 9.68 Å². The van der Waals surface area contributed by atoms with E-state index in [1.165, 1.54) is 0 Å². The van der Waals surface area contributed by atoms with Crippen LogP contribution < -0.4 is 9.44 Å². The Morgan fingerprint density at radius 2 is 1.73 bits per heavy atom. The van der Waals surface area contributed by atoms with Gasteiger partial charge in [0, 0.05) is 0 Å². The third-order valence-corrected chi connectivity index (χ3v) is 1.13. The first-order chi connectivity index (χ1) is 5.18. The highest BCUT2D eigenvalue weighted by Crippen LogP contribution is 1.98. The van der Waals surface area contributed by atoms with Gasteiger partial charge in [-0.15, -0.1) is 0 Å². The number of nitrogens with one attached hydrogen (secondary N) is 2. The molecule has 1 aliphatic rings. The molecule has 1 saturated heterocycles. The molecule has 0 aromatic heterocycles. The van der Waals surface area contributed by atoms with Crippen molar-refractivity contribution in [1.29, 1.82) is 0 Å². The first kappa shape index (κ1) is 7.91. The molecular weight excluding hydrogens is 178 g/mol. The zero-order chi connectivity index (χ0) is 8.27. The van der Waals surface area contributed by atoms with E-state index in [9.17, 15) is 9.59 Å². The molecule has 0 bridgehead atoms. The van der Waals surface area contributed by atoms with E-state index in [-0.39, 0.29) is 5.39 Å². The normalized spacial score (nSPS) is 20.1. The quantitative estimate of drug-likeness (QED) is 0.434. The summed E-state index contributed by atoms with van der Waals surface area (Å²) in [5, 5.41) is 8.06. The Labute approximate surface area is 64.6 Å². The first-order valence-corrected chi connectivity index (χ1v) is 3.11. The van der Waals surface area contributed by atoms with E-state index in [4.69, 9.17) is 5.21 Å². The number of hydrogen-bond donors (Lipinski definition) is 3. The molecule has 0 saturated carbocycles. The van der Waals surface area contributed by atoms with Gasteiger partial charge in [-0.25, -0.2) is 24.2 Å². The number of carbonyl (C=O) groups is 2. The Kier molecular flexibility index (Phi) is 2.36. The van der Waals surface area contributed by atoms with Crippen LogP contribution in [-0.2, 0) is 9.68 Å². The predicted octanol–water partition coefficient (Wildman–Crippen LogP) is -0.463. The number of carbonyl (C=O) groups excluding carboxylic acids is 2. The Hall–Kier alpha value is -1.19. The summed E-state index contributed by atoms with van der Waals surface area (Å²) in [6, 6.07) is 0. The van der Waals surface area contributed by atoms with Crippen molar-refractivity contribution in [3.05, 3.63) is 0 Å². The topological polar surface area (TPSA) is 100 Å². The lowest BCUT2D eigenvalue weighted by Gasteiger charge is -2.15. The molecule has 1 rings (SSSR count). The summed E-state index contributed by atoms with van der Waals surface area (Å²) in [6.45, 7) is 0. The molecule has 0 aromatic rings. The Morgan fingerprint density at radius 1 is 1.27 bits per heavy atom. The fourth-order valence-corrected chi connectivity index (χ4v) is 0.599. The smallest absolute Gasteiger partial charge is 0.289 e. The molecule has 1 heterocycles. The minimum absolute atomic E-state index is 0.357. The van der Waals surface area contributed by atoms with E-state index in [2.05, 4.69) is 9.68 Å². The van der Waals surface area contributed by atoms with Crippen LogP contribution in [0.4, 0.5) is 9.59 Å². The molecule has 1 fully saturated rings. The van der Waals surface area contributed by atoms with Gasteiger partial charge >= 0.3 is 12.2 Å². The van der Waals surface area contributed by atoms with Crippen molar-refractivity contribution in [2.24, 2.45) is 0 Å². The summed E-state index contributed by atoms with van der Waals surface area (Å²) >= 11 is 0.560. The summed E-state index contributed by atoms with van der Waals surface area (Å²) in [4.78, 5) is 28.5. The van der Waals surface area contributed by atoms with Gasteiger partial charge in [-0.2, -0.15) is 0 Å². The molecule has 0 atom stereocenters. The molecule has 0 unspecified atom stereocenters. The molecule has 0 spiro atoms. The second kappa shape index (κ2) is 3.27. The highest BCUT2D eigenvalue weighted by atomic mass is 32.2. The van der Waals surface area contributed by atoms with Crippen molar-refractivity contribution in [2.75, 3.05) is 0 Å². The van der Waals surface area contributed by atoms with Crippen LogP contribution in [0, 0.1) is 0 Å². The third kappa shape index (κ3) is 2.49. The van der Waals surface area contributed by atoms with Gasteiger partial charge < -0.3 is 0 Å². The zero-order valence-electron chi connectivity index (χ0n) is 4.94. The van der Waals surface area contributed by atoms with Crippen molar-refractivity contribution >= 4 is 24.3 Å². The summed E-state index contributed by atoms with van der Waals surface area (Å²) in [6.07, 6.45) is -1.95. The molecule has 0 radical (unpaired) electrons. The van der Waals surface area contributed by atoms with E-state index >= 15 is 0 Å². The molecule has 0 aliphatic carbocycles. The maximum absolute atomic E-state index is 10.4. The number of hydrogen-bond acceptors (Lipinski definition) is 7. The van der Waals surface area contributed by atoms with Gasteiger partial charge in [0.25, 0.3) is 0 Å². The SMILES string of the molecule is O=C1NSNC(=O)ON(O)O1. The monoisotopic (exact) mass is 181 g/mol. The molecule has 1 aliphatic heterocycles. The molecule has 62 valence electrons. The molecular formula is C2H3N3O5S. The highest BCUT2D eigenvalue weighted by Gasteiger charge is 2.18. The minimum Gasteiger partial charge on any atom is -0.289 e. The van der Waals surface area contributed by atoms with E-state index in [1.54, 1.807) is 0 Å².